The third-order valence-electron chi connectivity index (χ3n) is 1.98. The zero-order valence-electron chi connectivity index (χ0n) is 7.24. The highest BCUT2D eigenvalue weighted by Gasteiger charge is 2.19. The Kier molecular flexibility index (Phi) is 2.75. The molecular weight excluding hydrogens is 219 g/mol. The van der Waals surface area contributed by atoms with Crippen molar-refractivity contribution < 1.29 is 0 Å². The van der Waals surface area contributed by atoms with Gasteiger partial charge in [0.1, 0.15) is 11.2 Å². The minimum Gasteiger partial charge on any atom is -0.336 e. The van der Waals surface area contributed by atoms with Gasteiger partial charge in [-0.1, -0.05) is 53.5 Å². The summed E-state index contributed by atoms with van der Waals surface area (Å²) in [6.07, 6.45) is 1.56. The van der Waals surface area contributed by atoms with Gasteiger partial charge in [-0.15, -0.1) is 0 Å². The van der Waals surface area contributed by atoms with Crippen molar-refractivity contribution in [1.29, 1.82) is 0 Å². The Labute approximate surface area is 92.2 Å². The molecule has 0 aromatic heterocycles. The summed E-state index contributed by atoms with van der Waals surface area (Å²) in [6.45, 7) is 0. The fraction of sp³-hybridized carbons (Fsp3) is 0.100. The van der Waals surface area contributed by atoms with E-state index in [1.165, 1.54) is 0 Å². The summed E-state index contributed by atoms with van der Waals surface area (Å²) < 4.78 is 0. The summed E-state index contributed by atoms with van der Waals surface area (Å²) in [5.41, 5.74) is 1.04. The number of rotatable bonds is 1. The Hall–Kier alpha value is -0.990. The van der Waals surface area contributed by atoms with Crippen molar-refractivity contribution >= 4 is 29.5 Å². The zero-order valence-corrected chi connectivity index (χ0v) is 8.76. The highest BCUT2D eigenvalue weighted by molar-refractivity contribution is 6.40. The van der Waals surface area contributed by atoms with Gasteiger partial charge in [0, 0.05) is 0 Å². The van der Waals surface area contributed by atoms with E-state index in [-0.39, 0.29) is 6.04 Å². The maximum absolute atomic E-state index is 6.04. The maximum atomic E-state index is 6.04. The number of hydrogen-bond donors (Lipinski definition) is 1. The lowest BCUT2D eigenvalue weighted by Crippen LogP contribution is -2.16. The lowest BCUT2D eigenvalue weighted by molar-refractivity contribution is 0.859. The molecule has 1 heterocycles. The summed E-state index contributed by atoms with van der Waals surface area (Å²) in [6, 6.07) is 9.62. The molecule has 1 unspecified atom stereocenters. The third-order valence-corrected chi connectivity index (χ3v) is 2.79. The topological polar surface area (TPSA) is 24.4 Å². The monoisotopic (exact) mass is 226 g/mol. The van der Waals surface area contributed by atoms with Crippen molar-refractivity contribution in [2.75, 3.05) is 0 Å². The Morgan fingerprint density at radius 1 is 1.14 bits per heavy atom. The van der Waals surface area contributed by atoms with Crippen molar-refractivity contribution in [3.63, 3.8) is 0 Å². The number of halogens is 2. The van der Waals surface area contributed by atoms with Gasteiger partial charge in [-0.05, 0) is 5.56 Å². The fourth-order valence-electron chi connectivity index (χ4n) is 1.29. The molecule has 1 aliphatic heterocycles. The van der Waals surface area contributed by atoms with Crippen molar-refractivity contribution in [3.8, 4) is 0 Å². The lowest BCUT2D eigenvalue weighted by Gasteiger charge is -2.17. The van der Waals surface area contributed by atoms with Gasteiger partial charge in [-0.2, -0.15) is 0 Å². The van der Waals surface area contributed by atoms with Crippen molar-refractivity contribution in [2.45, 2.75) is 6.04 Å². The van der Waals surface area contributed by atoms with Crippen LogP contribution in [0.1, 0.15) is 11.6 Å². The van der Waals surface area contributed by atoms with Crippen LogP contribution in [0, 0.1) is 0 Å². The van der Waals surface area contributed by atoms with E-state index in [1.807, 2.05) is 30.3 Å². The van der Waals surface area contributed by atoms with Gasteiger partial charge in [-0.25, -0.2) is 0 Å². The molecule has 0 saturated carbocycles. The molecule has 1 aromatic carbocycles. The highest BCUT2D eigenvalue weighted by Crippen LogP contribution is 2.32. The summed E-state index contributed by atoms with van der Waals surface area (Å²) in [5, 5.41) is 3.72. The molecule has 0 amide bonds. The standard InChI is InChI=1S/C10H8Cl2N2/c11-8-9(13-6-14-10(8)12)7-4-2-1-3-5-7/h1-6,9H,(H,13,14). The van der Waals surface area contributed by atoms with Crippen molar-refractivity contribution in [1.82, 2.24) is 5.32 Å². The van der Waals surface area contributed by atoms with Crippen LogP contribution in [-0.4, -0.2) is 6.34 Å². The predicted molar refractivity (Wildman–Crippen MR) is 59.5 cm³/mol. The minimum absolute atomic E-state index is 0.174. The predicted octanol–water partition coefficient (Wildman–Crippen LogP) is 3.01. The smallest absolute Gasteiger partial charge is 0.124 e. The second-order valence-electron chi connectivity index (χ2n) is 2.90. The largest absolute Gasteiger partial charge is 0.336 e. The Balaban J connectivity index is 2.36. The van der Waals surface area contributed by atoms with Gasteiger partial charge >= 0.3 is 0 Å². The van der Waals surface area contributed by atoms with Crippen LogP contribution in [0.15, 0.2) is 45.5 Å². The number of nitrogens with zero attached hydrogens (tertiary/aromatic N) is 1. The van der Waals surface area contributed by atoms with Gasteiger partial charge in [0.25, 0.3) is 0 Å². The van der Waals surface area contributed by atoms with Crippen molar-refractivity contribution in [2.24, 2.45) is 4.99 Å². The van der Waals surface area contributed by atoms with E-state index in [0.717, 1.165) is 5.56 Å². The molecule has 72 valence electrons. The number of benzene rings is 1. The molecule has 0 saturated heterocycles. The van der Waals surface area contributed by atoms with E-state index in [2.05, 4.69) is 10.3 Å². The first-order valence-electron chi connectivity index (χ1n) is 4.17. The molecule has 0 fully saturated rings. The van der Waals surface area contributed by atoms with Crippen LogP contribution in [0.25, 0.3) is 0 Å². The molecule has 2 rings (SSSR count). The molecule has 0 bridgehead atoms. The van der Waals surface area contributed by atoms with E-state index in [9.17, 15) is 0 Å². The van der Waals surface area contributed by atoms with E-state index in [0.29, 0.717) is 10.2 Å². The SMILES string of the molecule is ClC1=C(Cl)C(c2ccccc2)N=CN1. The van der Waals surface area contributed by atoms with E-state index in [4.69, 9.17) is 23.2 Å². The first kappa shape index (κ1) is 9.56. The molecule has 4 heteroatoms. The highest BCUT2D eigenvalue weighted by atomic mass is 35.5. The molecule has 14 heavy (non-hydrogen) atoms. The Bertz CT molecular complexity index is 384. The van der Waals surface area contributed by atoms with Crippen LogP contribution >= 0.6 is 23.2 Å². The van der Waals surface area contributed by atoms with Crippen LogP contribution in [0.5, 0.6) is 0 Å². The second kappa shape index (κ2) is 4.03. The second-order valence-corrected chi connectivity index (χ2v) is 3.68. The normalized spacial score (nSPS) is 20.9. The minimum atomic E-state index is -0.174. The third kappa shape index (κ3) is 1.76. The summed E-state index contributed by atoms with van der Waals surface area (Å²) >= 11 is 11.9. The molecule has 0 spiro atoms. The summed E-state index contributed by atoms with van der Waals surface area (Å²) in [7, 11) is 0. The average molecular weight is 227 g/mol. The first-order valence-corrected chi connectivity index (χ1v) is 4.93. The van der Waals surface area contributed by atoms with E-state index < -0.39 is 0 Å². The molecule has 0 aliphatic carbocycles. The average Bonchev–Trinajstić information content (AvgIpc) is 2.23. The van der Waals surface area contributed by atoms with Gasteiger partial charge < -0.3 is 5.32 Å². The van der Waals surface area contributed by atoms with E-state index in [1.54, 1.807) is 6.34 Å². The van der Waals surface area contributed by atoms with Gasteiger partial charge in [0.2, 0.25) is 0 Å². The molecule has 2 nitrogen and oxygen atoms in total. The van der Waals surface area contributed by atoms with Crippen molar-refractivity contribution in [3.05, 3.63) is 46.1 Å². The molecular formula is C10H8Cl2N2. The summed E-state index contributed by atoms with van der Waals surface area (Å²) in [4.78, 5) is 4.22. The fourth-order valence-corrected chi connectivity index (χ4v) is 1.68. The number of aliphatic imine (C=N–C) groups is 1. The van der Waals surface area contributed by atoms with Crippen LogP contribution in [0.3, 0.4) is 0 Å². The molecule has 1 N–H and O–H groups in total. The summed E-state index contributed by atoms with van der Waals surface area (Å²) in [5.74, 6) is 0. The van der Waals surface area contributed by atoms with Crippen LogP contribution in [0.2, 0.25) is 0 Å². The number of hydrogen-bond acceptors (Lipinski definition) is 2. The van der Waals surface area contributed by atoms with E-state index >= 15 is 0 Å². The lowest BCUT2D eigenvalue weighted by atomic mass is 10.1. The molecule has 0 radical (unpaired) electrons. The van der Waals surface area contributed by atoms with Crippen LogP contribution in [-0.2, 0) is 0 Å². The van der Waals surface area contributed by atoms with Crippen LogP contribution in [0.4, 0.5) is 0 Å². The molecule has 1 atom stereocenters. The van der Waals surface area contributed by atoms with Gasteiger partial charge in [0.05, 0.1) is 11.4 Å². The van der Waals surface area contributed by atoms with Gasteiger partial charge in [0.15, 0.2) is 0 Å². The Morgan fingerprint density at radius 2 is 1.86 bits per heavy atom. The van der Waals surface area contributed by atoms with Gasteiger partial charge in [-0.3, -0.25) is 4.99 Å². The first-order chi connectivity index (χ1) is 6.79. The zero-order chi connectivity index (χ0) is 9.97. The Morgan fingerprint density at radius 3 is 2.57 bits per heavy atom. The number of nitrogens with one attached hydrogen (secondary N) is 1. The maximum Gasteiger partial charge on any atom is 0.124 e. The molecule has 1 aromatic rings. The van der Waals surface area contributed by atoms with Crippen LogP contribution < -0.4 is 5.32 Å². The quantitative estimate of drug-likeness (QED) is 0.732. The molecule has 1 aliphatic rings.